The number of unbranched alkanes of at least 4 members (excludes halogenated alkanes) is 2. The highest BCUT2D eigenvalue weighted by atomic mass is 16.6. The molecular formula is C17H24O5. The smallest absolute Gasteiger partial charge is 0.355 e. The Bertz CT molecular complexity index is 484. The van der Waals surface area contributed by atoms with E-state index in [0.29, 0.717) is 17.9 Å². The van der Waals surface area contributed by atoms with Crippen molar-refractivity contribution in [1.82, 2.24) is 0 Å². The van der Waals surface area contributed by atoms with Gasteiger partial charge < -0.3 is 14.2 Å². The molecule has 0 N–H and O–H groups in total. The van der Waals surface area contributed by atoms with Crippen LogP contribution in [0.15, 0.2) is 24.3 Å². The van der Waals surface area contributed by atoms with E-state index in [9.17, 15) is 9.59 Å². The van der Waals surface area contributed by atoms with Gasteiger partial charge in [-0.05, 0) is 25.5 Å². The second kappa shape index (κ2) is 9.82. The molecule has 0 aromatic heterocycles. The first kappa shape index (κ1) is 18.0. The standard InChI is InChI=1S/C17H24O5/c1-4-6-7-11-15(18)16(17(19)21-5-2)22-14-10-8-9-13(12-14)20-3/h8-10,12,16H,4-7,11H2,1-3H3/t16-/m1/s1. The Labute approximate surface area is 131 Å². The monoisotopic (exact) mass is 308 g/mol. The van der Waals surface area contributed by atoms with Crippen molar-refractivity contribution in [3.63, 3.8) is 0 Å². The van der Waals surface area contributed by atoms with E-state index in [0.717, 1.165) is 19.3 Å². The summed E-state index contributed by atoms with van der Waals surface area (Å²) in [7, 11) is 1.54. The topological polar surface area (TPSA) is 61.8 Å². The molecule has 1 aromatic rings. The Kier molecular flexibility index (Phi) is 8.04. The number of carbonyl (C=O) groups excluding carboxylic acids is 2. The van der Waals surface area contributed by atoms with E-state index in [1.165, 1.54) is 7.11 Å². The first-order chi connectivity index (χ1) is 10.6. The van der Waals surface area contributed by atoms with Gasteiger partial charge >= 0.3 is 5.97 Å². The number of benzene rings is 1. The van der Waals surface area contributed by atoms with Crippen LogP contribution < -0.4 is 9.47 Å². The zero-order valence-electron chi connectivity index (χ0n) is 13.5. The summed E-state index contributed by atoms with van der Waals surface area (Å²) in [4.78, 5) is 24.2. The fourth-order valence-electron chi connectivity index (χ4n) is 1.95. The van der Waals surface area contributed by atoms with Gasteiger partial charge in [-0.15, -0.1) is 0 Å². The highest BCUT2D eigenvalue weighted by molar-refractivity contribution is 6.02. The van der Waals surface area contributed by atoms with E-state index in [1.54, 1.807) is 31.2 Å². The number of methoxy groups -OCH3 is 1. The zero-order valence-corrected chi connectivity index (χ0v) is 13.5. The molecular weight excluding hydrogens is 284 g/mol. The molecule has 0 aliphatic carbocycles. The number of esters is 1. The summed E-state index contributed by atoms with van der Waals surface area (Å²) < 4.78 is 15.6. The highest BCUT2D eigenvalue weighted by Crippen LogP contribution is 2.21. The van der Waals surface area contributed by atoms with Gasteiger partial charge in [0.2, 0.25) is 0 Å². The minimum absolute atomic E-state index is 0.207. The van der Waals surface area contributed by atoms with Crippen LogP contribution in [-0.2, 0) is 14.3 Å². The second-order valence-corrected chi connectivity index (χ2v) is 4.85. The van der Waals surface area contributed by atoms with Crippen LogP contribution >= 0.6 is 0 Å². The van der Waals surface area contributed by atoms with Crippen LogP contribution in [0.3, 0.4) is 0 Å². The van der Waals surface area contributed by atoms with E-state index in [1.807, 2.05) is 0 Å². The minimum Gasteiger partial charge on any atom is -0.497 e. The van der Waals surface area contributed by atoms with Crippen LogP contribution in [-0.4, -0.2) is 31.6 Å². The Morgan fingerprint density at radius 3 is 2.50 bits per heavy atom. The summed E-state index contributed by atoms with van der Waals surface area (Å²) in [5, 5.41) is 0. The lowest BCUT2D eigenvalue weighted by Gasteiger charge is -2.17. The highest BCUT2D eigenvalue weighted by Gasteiger charge is 2.29. The molecule has 0 fully saturated rings. The number of Topliss-reactive ketones (excluding diaryl/α,β-unsaturated/α-hetero) is 1. The fraction of sp³-hybridized carbons (Fsp3) is 0.529. The van der Waals surface area contributed by atoms with Gasteiger partial charge in [0.05, 0.1) is 13.7 Å². The Hall–Kier alpha value is -2.04. The summed E-state index contributed by atoms with van der Waals surface area (Å²) in [5.74, 6) is 0.0984. The second-order valence-electron chi connectivity index (χ2n) is 4.85. The molecule has 0 spiro atoms. The summed E-state index contributed by atoms with van der Waals surface area (Å²) in [6.45, 7) is 3.96. The number of hydrogen-bond acceptors (Lipinski definition) is 5. The third-order valence-corrected chi connectivity index (χ3v) is 3.11. The number of rotatable bonds is 10. The Morgan fingerprint density at radius 2 is 1.86 bits per heavy atom. The van der Waals surface area contributed by atoms with E-state index >= 15 is 0 Å². The molecule has 1 aromatic carbocycles. The number of ketones is 1. The average Bonchev–Trinajstić information content (AvgIpc) is 2.53. The number of carbonyl (C=O) groups is 2. The summed E-state index contributed by atoms with van der Waals surface area (Å²) in [5.41, 5.74) is 0. The third-order valence-electron chi connectivity index (χ3n) is 3.11. The normalized spacial score (nSPS) is 11.6. The summed E-state index contributed by atoms with van der Waals surface area (Å²) >= 11 is 0. The molecule has 0 aliphatic rings. The van der Waals surface area contributed by atoms with Crippen LogP contribution in [0.5, 0.6) is 11.5 Å². The largest absolute Gasteiger partial charge is 0.497 e. The number of hydrogen-bond donors (Lipinski definition) is 0. The molecule has 0 radical (unpaired) electrons. The van der Waals surface area contributed by atoms with Crippen molar-refractivity contribution < 1.29 is 23.8 Å². The average molecular weight is 308 g/mol. The maximum atomic E-state index is 12.2. The molecule has 0 saturated heterocycles. The Morgan fingerprint density at radius 1 is 1.14 bits per heavy atom. The van der Waals surface area contributed by atoms with Gasteiger partial charge in [-0.2, -0.15) is 0 Å². The summed E-state index contributed by atoms with van der Waals surface area (Å²) in [6, 6.07) is 6.80. The first-order valence-electron chi connectivity index (χ1n) is 7.62. The van der Waals surface area contributed by atoms with E-state index in [2.05, 4.69) is 6.92 Å². The van der Waals surface area contributed by atoms with Crippen molar-refractivity contribution in [1.29, 1.82) is 0 Å². The maximum absolute atomic E-state index is 12.2. The van der Waals surface area contributed by atoms with Gasteiger partial charge in [0.1, 0.15) is 11.5 Å². The van der Waals surface area contributed by atoms with E-state index in [4.69, 9.17) is 14.2 Å². The van der Waals surface area contributed by atoms with Crippen LogP contribution in [0, 0.1) is 0 Å². The number of ether oxygens (including phenoxy) is 3. The molecule has 5 heteroatoms. The molecule has 1 atom stereocenters. The molecule has 1 rings (SSSR count). The van der Waals surface area contributed by atoms with Crippen molar-refractivity contribution in [3.05, 3.63) is 24.3 Å². The predicted octanol–water partition coefficient (Wildman–Crippen LogP) is 3.16. The molecule has 5 nitrogen and oxygen atoms in total. The van der Waals surface area contributed by atoms with Crippen molar-refractivity contribution in [3.8, 4) is 11.5 Å². The van der Waals surface area contributed by atoms with Crippen molar-refractivity contribution in [2.24, 2.45) is 0 Å². The first-order valence-corrected chi connectivity index (χ1v) is 7.62. The van der Waals surface area contributed by atoms with Crippen molar-refractivity contribution >= 4 is 11.8 Å². The predicted molar refractivity (Wildman–Crippen MR) is 83.2 cm³/mol. The molecule has 0 bridgehead atoms. The van der Waals surface area contributed by atoms with Crippen molar-refractivity contribution in [2.45, 2.75) is 45.6 Å². The third kappa shape index (κ3) is 5.76. The Balaban J connectivity index is 2.80. The maximum Gasteiger partial charge on any atom is 0.355 e. The molecule has 22 heavy (non-hydrogen) atoms. The summed E-state index contributed by atoms with van der Waals surface area (Å²) in [6.07, 6.45) is 1.78. The molecule has 0 heterocycles. The van der Waals surface area contributed by atoms with Crippen molar-refractivity contribution in [2.75, 3.05) is 13.7 Å². The lowest BCUT2D eigenvalue weighted by atomic mass is 10.1. The SMILES string of the molecule is CCCCCC(=O)[C@@H](Oc1cccc(OC)c1)C(=O)OCC. The van der Waals surface area contributed by atoms with Crippen LogP contribution in [0.25, 0.3) is 0 Å². The van der Waals surface area contributed by atoms with Gasteiger partial charge in [-0.25, -0.2) is 4.79 Å². The van der Waals surface area contributed by atoms with Crippen LogP contribution in [0.4, 0.5) is 0 Å². The lowest BCUT2D eigenvalue weighted by Crippen LogP contribution is -2.37. The molecule has 0 aliphatic heterocycles. The minimum atomic E-state index is -1.22. The van der Waals surface area contributed by atoms with Gasteiger partial charge in [0.25, 0.3) is 6.10 Å². The molecule has 0 saturated carbocycles. The molecule has 0 unspecified atom stereocenters. The van der Waals surface area contributed by atoms with Crippen LogP contribution in [0.1, 0.15) is 39.5 Å². The lowest BCUT2D eigenvalue weighted by molar-refractivity contribution is -0.155. The van der Waals surface area contributed by atoms with Crippen LogP contribution in [0.2, 0.25) is 0 Å². The van der Waals surface area contributed by atoms with E-state index < -0.39 is 12.1 Å². The fourth-order valence-corrected chi connectivity index (χ4v) is 1.95. The van der Waals surface area contributed by atoms with Gasteiger partial charge in [-0.3, -0.25) is 4.79 Å². The molecule has 122 valence electrons. The zero-order chi connectivity index (χ0) is 16.4. The van der Waals surface area contributed by atoms with Gasteiger partial charge in [0, 0.05) is 12.5 Å². The van der Waals surface area contributed by atoms with E-state index in [-0.39, 0.29) is 12.4 Å². The van der Waals surface area contributed by atoms with Gasteiger partial charge in [-0.1, -0.05) is 25.8 Å². The van der Waals surface area contributed by atoms with Gasteiger partial charge in [0.15, 0.2) is 5.78 Å². The molecule has 0 amide bonds. The quantitative estimate of drug-likeness (QED) is 0.377.